The van der Waals surface area contributed by atoms with E-state index in [1.807, 2.05) is 48.5 Å². The van der Waals surface area contributed by atoms with Crippen molar-refractivity contribution in [3.8, 4) is 11.1 Å². The van der Waals surface area contributed by atoms with Crippen molar-refractivity contribution in [3.05, 3.63) is 94.0 Å². The number of anilines is 1. The van der Waals surface area contributed by atoms with Crippen LogP contribution in [-0.2, 0) is 6.54 Å². The molecule has 0 fully saturated rings. The highest BCUT2D eigenvalue weighted by Crippen LogP contribution is 2.27. The summed E-state index contributed by atoms with van der Waals surface area (Å²) >= 11 is 6.05. The predicted octanol–water partition coefficient (Wildman–Crippen LogP) is 4.86. The summed E-state index contributed by atoms with van der Waals surface area (Å²) in [6.45, 7) is 0.582. The Hall–Kier alpha value is -3.11. The van der Waals surface area contributed by atoms with Gasteiger partial charge in [-0.3, -0.25) is 9.78 Å². The van der Waals surface area contributed by atoms with Gasteiger partial charge in [0, 0.05) is 41.1 Å². The van der Waals surface area contributed by atoms with E-state index in [-0.39, 0.29) is 5.56 Å². The van der Waals surface area contributed by atoms with Gasteiger partial charge < -0.3 is 10.3 Å². The molecule has 0 aliphatic rings. The molecule has 0 bridgehead atoms. The Kier molecular flexibility index (Phi) is 4.42. The summed E-state index contributed by atoms with van der Waals surface area (Å²) in [7, 11) is 0. The fourth-order valence-electron chi connectivity index (χ4n) is 2.97. The molecular formula is C21H16ClN3O. The van der Waals surface area contributed by atoms with Crippen LogP contribution in [0, 0.1) is 0 Å². The van der Waals surface area contributed by atoms with E-state index in [9.17, 15) is 4.79 Å². The van der Waals surface area contributed by atoms with E-state index in [0.29, 0.717) is 11.6 Å². The van der Waals surface area contributed by atoms with Crippen LogP contribution in [-0.4, -0.2) is 9.97 Å². The zero-order valence-corrected chi connectivity index (χ0v) is 14.6. The molecule has 4 nitrogen and oxygen atoms in total. The third-order valence-corrected chi connectivity index (χ3v) is 4.46. The van der Waals surface area contributed by atoms with E-state index in [4.69, 9.17) is 11.6 Å². The fraction of sp³-hybridized carbons (Fsp3) is 0.0476. The first-order chi connectivity index (χ1) is 12.7. The first kappa shape index (κ1) is 16.4. The monoisotopic (exact) mass is 361 g/mol. The molecule has 0 unspecified atom stereocenters. The minimum Gasteiger partial charge on any atom is -0.380 e. The molecule has 26 heavy (non-hydrogen) atoms. The van der Waals surface area contributed by atoms with Gasteiger partial charge in [0.15, 0.2) is 0 Å². The topological polar surface area (TPSA) is 57.8 Å². The Morgan fingerprint density at radius 3 is 2.62 bits per heavy atom. The maximum absolute atomic E-state index is 12.0. The molecule has 5 heteroatoms. The molecule has 4 rings (SSSR count). The first-order valence-electron chi connectivity index (χ1n) is 8.25. The third kappa shape index (κ3) is 3.46. The van der Waals surface area contributed by atoms with Gasteiger partial charge in [0.2, 0.25) is 5.56 Å². The Labute approximate surface area is 155 Å². The van der Waals surface area contributed by atoms with Crippen molar-refractivity contribution >= 4 is 28.2 Å². The largest absolute Gasteiger partial charge is 0.380 e. The van der Waals surface area contributed by atoms with Gasteiger partial charge in [-0.1, -0.05) is 29.8 Å². The summed E-state index contributed by atoms with van der Waals surface area (Å²) in [4.78, 5) is 18.9. The number of benzene rings is 2. The number of fused-ring (bicyclic) bond motifs is 1. The number of aromatic nitrogens is 2. The number of nitrogens with zero attached hydrogens (tertiary/aromatic N) is 1. The van der Waals surface area contributed by atoms with E-state index in [1.165, 1.54) is 0 Å². The summed E-state index contributed by atoms with van der Waals surface area (Å²) in [5, 5.41) is 5.01. The lowest BCUT2D eigenvalue weighted by atomic mass is 10.0. The molecular weight excluding hydrogens is 346 g/mol. The van der Waals surface area contributed by atoms with Crippen LogP contribution in [0.15, 0.2) is 77.9 Å². The highest BCUT2D eigenvalue weighted by Gasteiger charge is 2.06. The summed E-state index contributed by atoms with van der Waals surface area (Å²) in [6, 6.07) is 19.2. The van der Waals surface area contributed by atoms with Crippen LogP contribution >= 0.6 is 11.6 Å². The summed E-state index contributed by atoms with van der Waals surface area (Å²) in [5.41, 5.74) is 4.65. The van der Waals surface area contributed by atoms with Crippen molar-refractivity contribution in [1.82, 2.24) is 9.97 Å². The zero-order valence-electron chi connectivity index (χ0n) is 13.9. The molecule has 2 N–H and O–H groups in total. The van der Waals surface area contributed by atoms with E-state index < -0.39 is 0 Å². The molecule has 0 saturated heterocycles. The molecule has 0 aliphatic carbocycles. The summed E-state index contributed by atoms with van der Waals surface area (Å²) < 4.78 is 0. The number of rotatable bonds is 4. The molecule has 4 aromatic rings. The normalized spacial score (nSPS) is 10.8. The number of hydrogen-bond donors (Lipinski definition) is 2. The quantitative estimate of drug-likeness (QED) is 0.546. The highest BCUT2D eigenvalue weighted by molar-refractivity contribution is 6.30. The molecule has 0 amide bonds. The average Bonchev–Trinajstić information content (AvgIpc) is 2.66. The van der Waals surface area contributed by atoms with Crippen molar-refractivity contribution in [1.29, 1.82) is 0 Å². The van der Waals surface area contributed by atoms with E-state index >= 15 is 0 Å². The molecule has 128 valence electrons. The SMILES string of the molecule is O=c1cc(NCc2cccc(Cl)c2)c2cc(-c3ccncc3)ccc2[nH]1. The number of nitrogens with one attached hydrogen (secondary N) is 2. The lowest BCUT2D eigenvalue weighted by molar-refractivity contribution is 1.15. The number of pyridine rings is 2. The fourth-order valence-corrected chi connectivity index (χ4v) is 3.18. The minimum atomic E-state index is -0.136. The van der Waals surface area contributed by atoms with Gasteiger partial charge >= 0.3 is 0 Å². The second-order valence-corrected chi connectivity index (χ2v) is 6.46. The smallest absolute Gasteiger partial charge is 0.250 e. The lowest BCUT2D eigenvalue weighted by Gasteiger charge is -2.11. The molecule has 2 aromatic heterocycles. The van der Waals surface area contributed by atoms with Crippen LogP contribution in [0.4, 0.5) is 5.69 Å². The zero-order chi connectivity index (χ0) is 17.9. The second-order valence-electron chi connectivity index (χ2n) is 6.03. The molecule has 0 saturated carbocycles. The van der Waals surface area contributed by atoms with Crippen LogP contribution in [0.5, 0.6) is 0 Å². The molecule has 0 aliphatic heterocycles. The lowest BCUT2D eigenvalue weighted by Crippen LogP contribution is -2.08. The summed E-state index contributed by atoms with van der Waals surface area (Å²) in [5.74, 6) is 0. The maximum Gasteiger partial charge on any atom is 0.250 e. The Morgan fingerprint density at radius 1 is 0.962 bits per heavy atom. The van der Waals surface area contributed by atoms with Crippen molar-refractivity contribution in [2.24, 2.45) is 0 Å². The average molecular weight is 362 g/mol. The number of aromatic amines is 1. The van der Waals surface area contributed by atoms with E-state index in [0.717, 1.165) is 33.3 Å². The van der Waals surface area contributed by atoms with Gasteiger partial charge in [-0.15, -0.1) is 0 Å². The van der Waals surface area contributed by atoms with Crippen LogP contribution in [0.2, 0.25) is 5.02 Å². The van der Waals surface area contributed by atoms with Crippen LogP contribution in [0.3, 0.4) is 0 Å². The number of halogens is 1. The predicted molar refractivity (Wildman–Crippen MR) is 107 cm³/mol. The minimum absolute atomic E-state index is 0.136. The third-order valence-electron chi connectivity index (χ3n) is 4.23. The molecule has 0 atom stereocenters. The number of H-pyrrole nitrogens is 1. The maximum atomic E-state index is 12.0. The Bertz CT molecular complexity index is 1120. The Morgan fingerprint density at radius 2 is 1.81 bits per heavy atom. The molecule has 2 aromatic carbocycles. The van der Waals surface area contributed by atoms with E-state index in [2.05, 4.69) is 21.4 Å². The van der Waals surface area contributed by atoms with Crippen molar-refractivity contribution in [3.63, 3.8) is 0 Å². The van der Waals surface area contributed by atoms with Crippen molar-refractivity contribution in [2.75, 3.05) is 5.32 Å². The second kappa shape index (κ2) is 7.02. The van der Waals surface area contributed by atoms with Gasteiger partial charge in [0.05, 0.1) is 5.52 Å². The molecule has 0 radical (unpaired) electrons. The van der Waals surface area contributed by atoms with Gasteiger partial charge in [-0.05, 0) is 53.1 Å². The van der Waals surface area contributed by atoms with Crippen molar-refractivity contribution in [2.45, 2.75) is 6.54 Å². The van der Waals surface area contributed by atoms with Gasteiger partial charge in [-0.2, -0.15) is 0 Å². The standard InChI is InChI=1S/C21H16ClN3O/c22-17-3-1-2-14(10-17)13-24-20-12-21(26)25-19-5-4-16(11-18(19)20)15-6-8-23-9-7-15/h1-12H,13H2,(H2,24,25,26). The van der Waals surface area contributed by atoms with Gasteiger partial charge in [0.25, 0.3) is 0 Å². The Balaban J connectivity index is 1.74. The highest BCUT2D eigenvalue weighted by atomic mass is 35.5. The first-order valence-corrected chi connectivity index (χ1v) is 8.63. The van der Waals surface area contributed by atoms with Gasteiger partial charge in [0.1, 0.15) is 0 Å². The number of hydrogen-bond acceptors (Lipinski definition) is 3. The van der Waals surface area contributed by atoms with Crippen LogP contribution in [0.1, 0.15) is 5.56 Å². The van der Waals surface area contributed by atoms with E-state index in [1.54, 1.807) is 18.5 Å². The van der Waals surface area contributed by atoms with Crippen LogP contribution < -0.4 is 10.9 Å². The molecule has 0 spiro atoms. The van der Waals surface area contributed by atoms with Crippen molar-refractivity contribution < 1.29 is 0 Å². The van der Waals surface area contributed by atoms with Gasteiger partial charge in [-0.25, -0.2) is 0 Å². The molecule has 2 heterocycles. The summed E-state index contributed by atoms with van der Waals surface area (Å²) in [6.07, 6.45) is 3.54. The van der Waals surface area contributed by atoms with Crippen LogP contribution in [0.25, 0.3) is 22.0 Å².